The van der Waals surface area contributed by atoms with Crippen LogP contribution in [0.25, 0.3) is 10.2 Å². The molecular formula is C25H20F2N4O5S. The van der Waals surface area contributed by atoms with E-state index in [2.05, 4.69) is 26.4 Å². The number of halogens is 2. The average molecular weight is 527 g/mol. The molecule has 1 saturated heterocycles. The summed E-state index contributed by atoms with van der Waals surface area (Å²) in [5, 5.41) is 3.39. The second kappa shape index (κ2) is 8.51. The van der Waals surface area contributed by atoms with Gasteiger partial charge in [0.15, 0.2) is 17.3 Å². The Morgan fingerprint density at radius 2 is 2.08 bits per heavy atom. The molecule has 1 fully saturated rings. The van der Waals surface area contributed by atoms with Crippen molar-refractivity contribution < 1.29 is 32.6 Å². The van der Waals surface area contributed by atoms with Gasteiger partial charge in [0.05, 0.1) is 27.3 Å². The van der Waals surface area contributed by atoms with E-state index in [0.717, 1.165) is 12.8 Å². The fourth-order valence-corrected chi connectivity index (χ4v) is 6.10. The minimum Gasteiger partial charge on any atom is -0.395 e. The van der Waals surface area contributed by atoms with E-state index in [9.17, 15) is 23.2 Å². The Morgan fingerprint density at radius 1 is 1.27 bits per heavy atom. The predicted octanol–water partition coefficient (Wildman–Crippen LogP) is 5.30. The average Bonchev–Trinajstić information content (AvgIpc) is 3.40. The highest BCUT2D eigenvalue weighted by atomic mass is 32.1. The molecule has 5 heterocycles. The van der Waals surface area contributed by atoms with Crippen LogP contribution in [0, 0.1) is 5.92 Å². The van der Waals surface area contributed by atoms with Gasteiger partial charge >= 0.3 is 12.3 Å². The number of alkyl halides is 2. The highest BCUT2D eigenvalue weighted by Crippen LogP contribution is 2.49. The van der Waals surface area contributed by atoms with Crippen LogP contribution in [-0.4, -0.2) is 47.0 Å². The fourth-order valence-electron chi connectivity index (χ4n) is 5.03. The van der Waals surface area contributed by atoms with E-state index in [0.29, 0.717) is 39.6 Å². The number of ether oxygens (including phenoxy) is 2. The first kappa shape index (κ1) is 23.3. The number of aromatic nitrogens is 1. The molecule has 3 aromatic rings. The molecule has 0 saturated carbocycles. The summed E-state index contributed by atoms with van der Waals surface area (Å²) in [6, 6.07) is 5.15. The van der Waals surface area contributed by atoms with Gasteiger partial charge in [-0.05, 0) is 43.0 Å². The number of thiophene rings is 1. The number of Topliss-reactive ketones (excluding diaryl/α,β-unsaturated/α-hetero) is 1. The summed E-state index contributed by atoms with van der Waals surface area (Å²) in [5.74, 6) is -0.615. The Balaban J connectivity index is 1.32. The molecule has 3 aliphatic rings. The number of carbonyl (C=O) groups is 3. The number of hydrogen-bond donors (Lipinski definition) is 1. The third-order valence-electron chi connectivity index (χ3n) is 6.62. The van der Waals surface area contributed by atoms with Gasteiger partial charge in [0.2, 0.25) is 5.91 Å². The smallest absolute Gasteiger partial charge is 0.395 e. The molecule has 6 rings (SSSR count). The topological polar surface area (TPSA) is 101 Å². The molecule has 190 valence electrons. The molecule has 0 radical (unpaired) electrons. The number of rotatable bonds is 5. The van der Waals surface area contributed by atoms with Crippen LogP contribution in [0.1, 0.15) is 28.9 Å². The Morgan fingerprint density at radius 3 is 2.89 bits per heavy atom. The van der Waals surface area contributed by atoms with Gasteiger partial charge in [-0.2, -0.15) is 0 Å². The van der Waals surface area contributed by atoms with E-state index in [1.807, 2.05) is 0 Å². The van der Waals surface area contributed by atoms with Gasteiger partial charge in [-0.1, -0.05) is 6.58 Å². The van der Waals surface area contributed by atoms with E-state index in [1.165, 1.54) is 46.7 Å². The third kappa shape index (κ3) is 3.97. The molecule has 0 spiro atoms. The lowest BCUT2D eigenvalue weighted by Gasteiger charge is -2.32. The zero-order valence-electron chi connectivity index (χ0n) is 19.3. The van der Waals surface area contributed by atoms with Crippen LogP contribution >= 0.6 is 11.3 Å². The first-order valence-electron chi connectivity index (χ1n) is 11.6. The molecular weight excluding hydrogens is 506 g/mol. The van der Waals surface area contributed by atoms with Crippen LogP contribution < -0.4 is 19.7 Å². The Hall–Kier alpha value is -4.06. The van der Waals surface area contributed by atoms with Crippen molar-refractivity contribution >= 4 is 56.3 Å². The number of urea groups is 1. The molecule has 37 heavy (non-hydrogen) atoms. The highest BCUT2D eigenvalue weighted by molar-refractivity contribution is 7.21. The Kier molecular flexibility index (Phi) is 5.37. The van der Waals surface area contributed by atoms with Crippen molar-refractivity contribution in [2.24, 2.45) is 5.92 Å². The molecule has 3 aliphatic heterocycles. The lowest BCUT2D eigenvalue weighted by Crippen LogP contribution is -2.39. The molecule has 0 bridgehead atoms. The standard InChI is InChI=1S/C25H20F2N4O5S/c1-2-19(33)30-9-3-4-13(12-30)10-16(32)22-21-20-15(7-8-28-23(20)37-22)31(24(34)29-21)14-5-6-17-18(11-14)36-25(26,27)35-17/h2,5-8,11,13H,1,3-4,9-10,12H2,(H,29,34)/t13-/m0/s1. The van der Waals surface area contributed by atoms with Gasteiger partial charge in [-0.25, -0.2) is 9.78 Å². The first-order chi connectivity index (χ1) is 17.7. The number of nitrogens with one attached hydrogen (secondary N) is 1. The summed E-state index contributed by atoms with van der Waals surface area (Å²) in [7, 11) is 0. The summed E-state index contributed by atoms with van der Waals surface area (Å²) < 4.78 is 36.0. The number of anilines is 3. The van der Waals surface area contributed by atoms with Gasteiger partial charge in [-0.3, -0.25) is 14.5 Å². The Labute approximate surface area is 213 Å². The quantitative estimate of drug-likeness (QED) is 0.358. The van der Waals surface area contributed by atoms with Crippen LogP contribution in [-0.2, 0) is 4.79 Å². The third-order valence-corrected chi connectivity index (χ3v) is 7.76. The fraction of sp³-hybridized carbons (Fsp3) is 0.280. The van der Waals surface area contributed by atoms with Crippen LogP contribution in [0.4, 0.5) is 30.6 Å². The zero-order valence-corrected chi connectivity index (χ0v) is 20.1. The highest BCUT2D eigenvalue weighted by Gasteiger charge is 2.44. The van der Waals surface area contributed by atoms with Crippen molar-refractivity contribution in [2.75, 3.05) is 23.3 Å². The molecule has 1 aromatic carbocycles. The normalized spacial score (nSPS) is 19.6. The van der Waals surface area contributed by atoms with Gasteiger partial charge in [0.25, 0.3) is 0 Å². The van der Waals surface area contributed by atoms with Crippen LogP contribution in [0.15, 0.2) is 43.1 Å². The van der Waals surface area contributed by atoms with Crippen molar-refractivity contribution in [3.63, 3.8) is 0 Å². The number of hydrogen-bond acceptors (Lipinski definition) is 7. The molecule has 12 heteroatoms. The second-order valence-electron chi connectivity index (χ2n) is 9.00. The summed E-state index contributed by atoms with van der Waals surface area (Å²) in [5.41, 5.74) is 1.13. The van der Waals surface area contributed by atoms with Crippen molar-refractivity contribution in [3.8, 4) is 11.5 Å². The van der Waals surface area contributed by atoms with Crippen molar-refractivity contribution in [3.05, 3.63) is 48.0 Å². The maximum atomic E-state index is 13.5. The number of carbonyl (C=O) groups excluding carboxylic acids is 3. The van der Waals surface area contributed by atoms with Gasteiger partial charge in [0, 0.05) is 31.8 Å². The largest absolute Gasteiger partial charge is 0.586 e. The predicted molar refractivity (Wildman–Crippen MR) is 132 cm³/mol. The summed E-state index contributed by atoms with van der Waals surface area (Å²) in [6.45, 7) is 4.65. The van der Waals surface area contributed by atoms with Crippen LogP contribution in [0.5, 0.6) is 11.5 Å². The van der Waals surface area contributed by atoms with E-state index in [4.69, 9.17) is 0 Å². The monoisotopic (exact) mass is 526 g/mol. The van der Waals surface area contributed by atoms with Gasteiger partial charge in [-0.15, -0.1) is 20.1 Å². The van der Waals surface area contributed by atoms with Crippen LogP contribution in [0.2, 0.25) is 0 Å². The second-order valence-corrected chi connectivity index (χ2v) is 10.0. The molecule has 0 aliphatic carbocycles. The van der Waals surface area contributed by atoms with Gasteiger partial charge in [0.1, 0.15) is 4.83 Å². The van der Waals surface area contributed by atoms with Gasteiger partial charge < -0.3 is 19.7 Å². The maximum absolute atomic E-state index is 13.5. The van der Waals surface area contributed by atoms with E-state index in [-0.39, 0.29) is 41.2 Å². The zero-order chi connectivity index (χ0) is 25.9. The maximum Gasteiger partial charge on any atom is 0.586 e. The number of benzene rings is 1. The summed E-state index contributed by atoms with van der Waals surface area (Å²) in [6.07, 6.45) is 0.875. The number of pyridine rings is 1. The first-order valence-corrected chi connectivity index (χ1v) is 12.4. The van der Waals surface area contributed by atoms with Crippen molar-refractivity contribution in [1.82, 2.24) is 9.88 Å². The number of likely N-dealkylation sites (tertiary alicyclic amines) is 1. The van der Waals surface area contributed by atoms with E-state index in [1.54, 1.807) is 11.0 Å². The van der Waals surface area contributed by atoms with E-state index < -0.39 is 12.3 Å². The molecule has 1 N–H and O–H groups in total. The SMILES string of the molecule is C=CC(=O)N1CCC[C@@H](CC(=O)c2sc3nccc4c3c2NC(=O)N4c2ccc3c(c2)OC(F)(F)O3)C1. The van der Waals surface area contributed by atoms with Crippen molar-refractivity contribution in [2.45, 2.75) is 25.6 Å². The molecule has 0 unspecified atom stereocenters. The molecule has 3 amide bonds. The lowest BCUT2D eigenvalue weighted by atomic mass is 9.92. The summed E-state index contributed by atoms with van der Waals surface area (Å²) >= 11 is 1.19. The number of nitrogens with zero attached hydrogens (tertiary/aromatic N) is 3. The van der Waals surface area contributed by atoms with Crippen molar-refractivity contribution in [1.29, 1.82) is 0 Å². The molecule has 2 aromatic heterocycles. The lowest BCUT2D eigenvalue weighted by molar-refractivity contribution is -0.286. The minimum atomic E-state index is -3.78. The number of piperidine rings is 1. The number of fused-ring (bicyclic) bond motifs is 1. The minimum absolute atomic E-state index is 0.00227. The number of ketones is 1. The molecule has 1 atom stereocenters. The Bertz CT molecular complexity index is 1490. The number of amides is 3. The van der Waals surface area contributed by atoms with E-state index >= 15 is 0 Å². The van der Waals surface area contributed by atoms with Crippen LogP contribution in [0.3, 0.4) is 0 Å². The molecule has 9 nitrogen and oxygen atoms in total. The summed E-state index contributed by atoms with van der Waals surface area (Å²) in [4.78, 5) is 47.0.